The van der Waals surface area contributed by atoms with Crippen LogP contribution < -0.4 is 5.73 Å². The summed E-state index contributed by atoms with van der Waals surface area (Å²) in [5, 5.41) is 5.38. The van der Waals surface area contributed by atoms with Crippen LogP contribution in [0.15, 0.2) is 48.5 Å². The Morgan fingerprint density at radius 3 is 2.45 bits per heavy atom. The highest BCUT2D eigenvalue weighted by Gasteiger charge is 2.13. The highest BCUT2D eigenvalue weighted by molar-refractivity contribution is 6.30. The minimum absolute atomic E-state index is 0.415. The van der Waals surface area contributed by atoms with Crippen LogP contribution in [0, 0.1) is 13.8 Å². The van der Waals surface area contributed by atoms with Crippen LogP contribution in [0.25, 0.3) is 16.9 Å². The summed E-state index contributed by atoms with van der Waals surface area (Å²) < 4.78 is 1.97. The number of nitrogens with two attached hydrogens (primary N) is 1. The molecular formula is C18H18ClN3. The number of benzene rings is 2. The van der Waals surface area contributed by atoms with Gasteiger partial charge in [0.1, 0.15) is 0 Å². The van der Waals surface area contributed by atoms with Gasteiger partial charge in [0.25, 0.3) is 0 Å². The average molecular weight is 312 g/mol. The van der Waals surface area contributed by atoms with Crippen molar-refractivity contribution in [3.8, 4) is 16.9 Å². The van der Waals surface area contributed by atoms with E-state index in [0.717, 1.165) is 27.7 Å². The van der Waals surface area contributed by atoms with E-state index in [1.54, 1.807) is 0 Å². The fraction of sp³-hybridized carbons (Fsp3) is 0.167. The van der Waals surface area contributed by atoms with E-state index in [0.29, 0.717) is 6.54 Å². The Morgan fingerprint density at radius 2 is 1.77 bits per heavy atom. The lowest BCUT2D eigenvalue weighted by Crippen LogP contribution is -2.04. The maximum absolute atomic E-state index is 5.99. The number of nitrogens with zero attached hydrogens (tertiary/aromatic N) is 2. The van der Waals surface area contributed by atoms with Crippen molar-refractivity contribution in [2.75, 3.05) is 0 Å². The van der Waals surface area contributed by atoms with Crippen molar-refractivity contribution in [3.63, 3.8) is 0 Å². The summed E-state index contributed by atoms with van der Waals surface area (Å²) in [4.78, 5) is 0. The van der Waals surface area contributed by atoms with Crippen LogP contribution in [-0.2, 0) is 6.54 Å². The summed E-state index contributed by atoms with van der Waals surface area (Å²) in [6.45, 7) is 4.58. The molecule has 0 spiro atoms. The van der Waals surface area contributed by atoms with Gasteiger partial charge in [0, 0.05) is 17.1 Å². The molecule has 4 heteroatoms. The highest BCUT2D eigenvalue weighted by Crippen LogP contribution is 2.27. The Bertz CT molecular complexity index is 804. The van der Waals surface area contributed by atoms with Gasteiger partial charge in [-0.25, -0.2) is 4.68 Å². The van der Waals surface area contributed by atoms with Gasteiger partial charge in [-0.1, -0.05) is 35.9 Å². The number of aryl methyl sites for hydroxylation is 2. The second-order valence-corrected chi connectivity index (χ2v) is 5.87. The second-order valence-electron chi connectivity index (χ2n) is 5.43. The van der Waals surface area contributed by atoms with Gasteiger partial charge in [0.2, 0.25) is 0 Å². The fourth-order valence-electron chi connectivity index (χ4n) is 2.49. The summed E-state index contributed by atoms with van der Waals surface area (Å²) in [7, 11) is 0. The van der Waals surface area contributed by atoms with Gasteiger partial charge in [0.15, 0.2) is 0 Å². The zero-order chi connectivity index (χ0) is 15.7. The van der Waals surface area contributed by atoms with Crippen molar-refractivity contribution in [2.45, 2.75) is 20.4 Å². The Labute approximate surface area is 135 Å². The Balaban J connectivity index is 2.21. The van der Waals surface area contributed by atoms with Crippen molar-refractivity contribution >= 4 is 11.6 Å². The van der Waals surface area contributed by atoms with Gasteiger partial charge in [-0.3, -0.25) is 0 Å². The van der Waals surface area contributed by atoms with E-state index >= 15 is 0 Å². The van der Waals surface area contributed by atoms with Crippen molar-refractivity contribution < 1.29 is 0 Å². The molecule has 3 nitrogen and oxygen atoms in total. The minimum atomic E-state index is 0.415. The molecule has 0 fully saturated rings. The molecule has 0 aliphatic heterocycles. The first-order chi connectivity index (χ1) is 10.6. The van der Waals surface area contributed by atoms with Gasteiger partial charge < -0.3 is 5.73 Å². The molecule has 0 radical (unpaired) electrons. The van der Waals surface area contributed by atoms with Crippen LogP contribution >= 0.6 is 11.6 Å². The normalized spacial score (nSPS) is 10.9. The lowest BCUT2D eigenvalue weighted by Gasteiger charge is -2.11. The molecule has 0 aliphatic rings. The summed E-state index contributed by atoms with van der Waals surface area (Å²) in [6.07, 6.45) is 0. The molecule has 2 aromatic carbocycles. The maximum Gasteiger partial charge on any atom is 0.0771 e. The molecular weight excluding hydrogens is 294 g/mol. The third-order valence-electron chi connectivity index (χ3n) is 3.70. The summed E-state index contributed by atoms with van der Waals surface area (Å²) in [6, 6.07) is 16.2. The summed E-state index contributed by atoms with van der Waals surface area (Å²) >= 11 is 5.99. The molecule has 3 rings (SSSR count). The molecule has 0 unspecified atom stereocenters. The molecule has 1 heterocycles. The van der Waals surface area contributed by atoms with Crippen LogP contribution in [0.4, 0.5) is 0 Å². The molecule has 0 atom stereocenters. The van der Waals surface area contributed by atoms with Crippen molar-refractivity contribution in [3.05, 3.63) is 70.4 Å². The van der Waals surface area contributed by atoms with Gasteiger partial charge in [-0.05, 0) is 49.2 Å². The summed E-state index contributed by atoms with van der Waals surface area (Å²) in [5.41, 5.74) is 12.2. The number of hydrogen-bond donors (Lipinski definition) is 1. The molecule has 0 bridgehead atoms. The first-order valence-corrected chi connectivity index (χ1v) is 7.59. The van der Waals surface area contributed by atoms with Crippen molar-refractivity contribution in [1.29, 1.82) is 0 Å². The molecule has 2 N–H and O–H groups in total. The lowest BCUT2D eigenvalue weighted by atomic mass is 10.1. The SMILES string of the molecule is Cc1ccc(C)c(-n2nc(CN)cc2-c2ccc(Cl)cc2)c1. The molecule has 3 aromatic rings. The predicted octanol–water partition coefficient (Wildman–Crippen LogP) is 4.27. The first kappa shape index (κ1) is 14.8. The minimum Gasteiger partial charge on any atom is -0.325 e. The number of aromatic nitrogens is 2. The van der Waals surface area contributed by atoms with E-state index in [4.69, 9.17) is 17.3 Å². The Kier molecular flexibility index (Phi) is 4.01. The molecule has 22 heavy (non-hydrogen) atoms. The third kappa shape index (κ3) is 2.78. The number of rotatable bonds is 3. The van der Waals surface area contributed by atoms with Crippen LogP contribution in [0.5, 0.6) is 0 Å². The van der Waals surface area contributed by atoms with Gasteiger partial charge in [0.05, 0.1) is 17.1 Å². The quantitative estimate of drug-likeness (QED) is 0.785. The van der Waals surface area contributed by atoms with Crippen molar-refractivity contribution in [2.24, 2.45) is 5.73 Å². The third-order valence-corrected chi connectivity index (χ3v) is 3.95. The Morgan fingerprint density at radius 1 is 1.05 bits per heavy atom. The second kappa shape index (κ2) is 5.95. The topological polar surface area (TPSA) is 43.8 Å². The van der Waals surface area contributed by atoms with Crippen molar-refractivity contribution in [1.82, 2.24) is 9.78 Å². The van der Waals surface area contributed by atoms with E-state index in [-0.39, 0.29) is 0 Å². The maximum atomic E-state index is 5.99. The van der Waals surface area contributed by atoms with E-state index in [1.807, 2.05) is 35.0 Å². The largest absolute Gasteiger partial charge is 0.325 e. The van der Waals surface area contributed by atoms with Gasteiger partial charge >= 0.3 is 0 Å². The highest BCUT2D eigenvalue weighted by atomic mass is 35.5. The number of halogens is 1. The monoisotopic (exact) mass is 311 g/mol. The molecule has 0 saturated heterocycles. The standard InChI is InChI=1S/C18H18ClN3/c1-12-3-4-13(2)17(9-12)22-18(10-16(11-20)21-22)14-5-7-15(19)8-6-14/h3-10H,11,20H2,1-2H3. The zero-order valence-electron chi connectivity index (χ0n) is 12.7. The van der Waals surface area contributed by atoms with Crippen LogP contribution in [0.2, 0.25) is 5.02 Å². The molecule has 0 aliphatic carbocycles. The molecule has 1 aromatic heterocycles. The van der Waals surface area contributed by atoms with E-state index in [2.05, 4.69) is 37.1 Å². The fourth-order valence-corrected chi connectivity index (χ4v) is 2.61. The van der Waals surface area contributed by atoms with Crippen LogP contribution in [0.1, 0.15) is 16.8 Å². The molecule has 112 valence electrons. The van der Waals surface area contributed by atoms with Gasteiger partial charge in [-0.2, -0.15) is 5.10 Å². The smallest absolute Gasteiger partial charge is 0.0771 e. The predicted molar refractivity (Wildman–Crippen MR) is 91.4 cm³/mol. The van der Waals surface area contributed by atoms with E-state index in [9.17, 15) is 0 Å². The lowest BCUT2D eigenvalue weighted by molar-refractivity contribution is 0.832. The zero-order valence-corrected chi connectivity index (χ0v) is 13.4. The summed E-state index contributed by atoms with van der Waals surface area (Å²) in [5.74, 6) is 0. The molecule has 0 amide bonds. The number of hydrogen-bond acceptors (Lipinski definition) is 2. The van der Waals surface area contributed by atoms with E-state index in [1.165, 1.54) is 11.1 Å². The first-order valence-electron chi connectivity index (χ1n) is 7.21. The van der Waals surface area contributed by atoms with E-state index < -0.39 is 0 Å². The average Bonchev–Trinajstić information content (AvgIpc) is 2.94. The van der Waals surface area contributed by atoms with Gasteiger partial charge in [-0.15, -0.1) is 0 Å². The molecule has 0 saturated carbocycles. The Hall–Kier alpha value is -2.10. The van der Waals surface area contributed by atoms with Crippen LogP contribution in [-0.4, -0.2) is 9.78 Å². The van der Waals surface area contributed by atoms with Crippen LogP contribution in [0.3, 0.4) is 0 Å².